The lowest BCUT2D eigenvalue weighted by molar-refractivity contribution is 0.414. The van der Waals surface area contributed by atoms with Crippen molar-refractivity contribution in [2.45, 2.75) is 57.8 Å². The van der Waals surface area contributed by atoms with Gasteiger partial charge in [-0.1, -0.05) is 88.1 Å². The van der Waals surface area contributed by atoms with Crippen LogP contribution in [0.15, 0.2) is 48.5 Å². The molecule has 3 rings (SSSR count). The van der Waals surface area contributed by atoms with Gasteiger partial charge in [-0.05, 0) is 35.1 Å². The zero-order valence-corrected chi connectivity index (χ0v) is 13.4. The van der Waals surface area contributed by atoms with E-state index in [-0.39, 0.29) is 22.8 Å². The Bertz CT molecular complexity index is 559. The summed E-state index contributed by atoms with van der Waals surface area (Å²) >= 11 is 0. The molecule has 22 heavy (non-hydrogen) atoms. The lowest BCUT2D eigenvalue weighted by Gasteiger charge is -2.32. The maximum Gasteiger partial charge on any atom is 0.187 e. The van der Waals surface area contributed by atoms with E-state index >= 15 is 0 Å². The molecule has 1 aliphatic carbocycles. The molecule has 2 aromatic carbocycles. The molecule has 0 aromatic heterocycles. The number of rotatable bonds is 6. The molecule has 0 fully saturated rings. The highest BCUT2D eigenvalue weighted by atomic mass is 27.0. The Hall–Kier alpha value is -1.03. The molecule has 0 amide bonds. The minimum Gasteiger partial charge on any atom is -0.0654 e. The summed E-state index contributed by atoms with van der Waals surface area (Å²) < 4.78 is 0. The van der Waals surface area contributed by atoms with Crippen LogP contribution in [0, 0.1) is 0 Å². The van der Waals surface area contributed by atoms with Crippen molar-refractivity contribution in [3.05, 3.63) is 59.7 Å². The first kappa shape index (κ1) is 17.3. The normalized spacial score (nSPS) is 14.1. The lowest BCUT2D eigenvalue weighted by atomic mass is 9.71. The number of unbranched alkanes of at least 4 members (excludes halogenated alkanes) is 2. The summed E-state index contributed by atoms with van der Waals surface area (Å²) in [5.41, 5.74) is 6.36. The van der Waals surface area contributed by atoms with E-state index in [1.807, 2.05) is 0 Å². The fourth-order valence-corrected chi connectivity index (χ4v) is 4.04. The first-order chi connectivity index (χ1) is 10.3. The van der Waals surface area contributed by atoms with Gasteiger partial charge in [0.05, 0.1) is 0 Å². The molecule has 0 bridgehead atoms. The predicted octanol–water partition coefficient (Wildman–Crippen LogP) is 5.15. The summed E-state index contributed by atoms with van der Waals surface area (Å²) in [7, 11) is 0. The molecular formula is C21H29Al. The Morgan fingerprint density at radius 1 is 0.682 bits per heavy atom. The van der Waals surface area contributed by atoms with Crippen molar-refractivity contribution in [1.29, 1.82) is 0 Å². The van der Waals surface area contributed by atoms with Crippen LogP contribution in [0.25, 0.3) is 11.1 Å². The minimum atomic E-state index is 0. The molecule has 0 N–H and O–H groups in total. The summed E-state index contributed by atoms with van der Waals surface area (Å²) in [4.78, 5) is 0. The molecule has 0 aliphatic heterocycles. The molecular weight excluding hydrogens is 279 g/mol. The molecule has 0 nitrogen and oxygen atoms in total. The van der Waals surface area contributed by atoms with Crippen LogP contribution in [0.3, 0.4) is 0 Å². The third-order valence-corrected chi connectivity index (χ3v) is 5.09. The average Bonchev–Trinajstić information content (AvgIpc) is 2.82. The van der Waals surface area contributed by atoms with E-state index < -0.39 is 0 Å². The maximum atomic E-state index is 2.38. The third-order valence-electron chi connectivity index (χ3n) is 5.09. The van der Waals surface area contributed by atoms with Crippen LogP contribution >= 0.6 is 0 Å². The van der Waals surface area contributed by atoms with Crippen molar-refractivity contribution in [2.24, 2.45) is 0 Å². The Morgan fingerprint density at radius 2 is 1.09 bits per heavy atom. The summed E-state index contributed by atoms with van der Waals surface area (Å²) in [6.45, 7) is 4.61. The van der Waals surface area contributed by atoms with Crippen LogP contribution in [-0.2, 0) is 5.41 Å². The second-order valence-electron chi connectivity index (χ2n) is 6.38. The van der Waals surface area contributed by atoms with E-state index in [2.05, 4.69) is 62.4 Å². The van der Waals surface area contributed by atoms with Gasteiger partial charge in [-0.2, -0.15) is 0 Å². The van der Waals surface area contributed by atoms with Crippen molar-refractivity contribution in [3.8, 4) is 11.1 Å². The molecule has 0 heterocycles. The standard InChI is InChI=1S/C21H26.Al.3H/c1-3-5-15-21(16-6-4-2)19-13-9-7-11-17(19)18-12-8-10-14-20(18)21;;;;/h7-14H,3-6,15-16H2,1-2H3;;;;. The number of fused-ring (bicyclic) bond motifs is 3. The highest BCUT2D eigenvalue weighted by Gasteiger charge is 2.41. The van der Waals surface area contributed by atoms with Crippen LogP contribution in [0.5, 0.6) is 0 Å². The molecule has 0 saturated carbocycles. The highest BCUT2D eigenvalue weighted by molar-refractivity contribution is 5.80. The van der Waals surface area contributed by atoms with Crippen LogP contribution in [-0.4, -0.2) is 17.4 Å². The van der Waals surface area contributed by atoms with Gasteiger partial charge in [0, 0.05) is 5.41 Å². The molecule has 0 saturated heterocycles. The molecule has 0 spiro atoms. The molecule has 0 unspecified atom stereocenters. The van der Waals surface area contributed by atoms with Gasteiger partial charge in [-0.3, -0.25) is 0 Å². The summed E-state index contributed by atoms with van der Waals surface area (Å²) in [6.07, 6.45) is 7.75. The summed E-state index contributed by atoms with van der Waals surface area (Å²) in [5, 5.41) is 0. The Kier molecular flexibility index (Phi) is 5.90. The average molecular weight is 308 g/mol. The highest BCUT2D eigenvalue weighted by Crippen LogP contribution is 2.53. The fourth-order valence-electron chi connectivity index (χ4n) is 4.04. The van der Waals surface area contributed by atoms with E-state index in [1.54, 1.807) is 11.1 Å². The van der Waals surface area contributed by atoms with Crippen molar-refractivity contribution < 1.29 is 0 Å². The van der Waals surface area contributed by atoms with Crippen molar-refractivity contribution in [2.75, 3.05) is 0 Å². The Morgan fingerprint density at radius 3 is 1.50 bits per heavy atom. The molecule has 1 aliphatic rings. The number of hydrogen-bond acceptors (Lipinski definition) is 0. The third kappa shape index (κ3) is 2.78. The molecule has 2 aromatic rings. The van der Waals surface area contributed by atoms with Crippen LogP contribution < -0.4 is 0 Å². The maximum absolute atomic E-state index is 2.38. The predicted molar refractivity (Wildman–Crippen MR) is 102 cm³/mol. The minimum absolute atomic E-state index is 0. The monoisotopic (exact) mass is 308 g/mol. The number of hydrogen-bond donors (Lipinski definition) is 0. The molecule has 0 radical (unpaired) electrons. The summed E-state index contributed by atoms with van der Waals surface area (Å²) in [6, 6.07) is 18.2. The van der Waals surface area contributed by atoms with Crippen LogP contribution in [0.1, 0.15) is 63.5 Å². The van der Waals surface area contributed by atoms with Gasteiger partial charge in [-0.25, -0.2) is 0 Å². The van der Waals surface area contributed by atoms with Crippen molar-refractivity contribution >= 4 is 17.4 Å². The topological polar surface area (TPSA) is 0 Å². The Labute approximate surface area is 146 Å². The van der Waals surface area contributed by atoms with Gasteiger partial charge < -0.3 is 0 Å². The number of benzene rings is 2. The Balaban J connectivity index is 0.00000176. The first-order valence-corrected chi connectivity index (χ1v) is 8.53. The quantitative estimate of drug-likeness (QED) is 0.647. The van der Waals surface area contributed by atoms with E-state index in [0.29, 0.717) is 0 Å². The SMILES string of the molecule is CCCCC1(CCCC)c2ccccc2-c2ccccc21.[AlH3]. The van der Waals surface area contributed by atoms with Gasteiger partial charge in [0.1, 0.15) is 0 Å². The molecule has 116 valence electrons. The van der Waals surface area contributed by atoms with E-state index in [4.69, 9.17) is 0 Å². The molecule has 1 heteroatoms. The van der Waals surface area contributed by atoms with Crippen molar-refractivity contribution in [1.82, 2.24) is 0 Å². The van der Waals surface area contributed by atoms with Gasteiger partial charge in [0.2, 0.25) is 0 Å². The zero-order valence-electron chi connectivity index (χ0n) is 13.4. The second kappa shape index (κ2) is 7.49. The zero-order chi connectivity index (χ0) is 14.7. The van der Waals surface area contributed by atoms with Crippen molar-refractivity contribution in [3.63, 3.8) is 0 Å². The van der Waals surface area contributed by atoms with Crippen LogP contribution in [0.4, 0.5) is 0 Å². The molecule has 0 atom stereocenters. The van der Waals surface area contributed by atoms with Crippen LogP contribution in [0.2, 0.25) is 0 Å². The van der Waals surface area contributed by atoms with Gasteiger partial charge in [0.25, 0.3) is 0 Å². The first-order valence-electron chi connectivity index (χ1n) is 8.53. The van der Waals surface area contributed by atoms with E-state index in [1.165, 1.54) is 49.7 Å². The lowest BCUT2D eigenvalue weighted by Crippen LogP contribution is -2.25. The smallest absolute Gasteiger partial charge is 0.0654 e. The van der Waals surface area contributed by atoms with E-state index in [9.17, 15) is 0 Å². The fraction of sp³-hybridized carbons (Fsp3) is 0.429. The van der Waals surface area contributed by atoms with Gasteiger partial charge in [-0.15, -0.1) is 0 Å². The second-order valence-corrected chi connectivity index (χ2v) is 6.38. The largest absolute Gasteiger partial charge is 0.187 e. The summed E-state index contributed by atoms with van der Waals surface area (Å²) in [5.74, 6) is 0. The van der Waals surface area contributed by atoms with Gasteiger partial charge >= 0.3 is 0 Å². The van der Waals surface area contributed by atoms with Gasteiger partial charge in [0.15, 0.2) is 17.4 Å². The van der Waals surface area contributed by atoms with E-state index in [0.717, 1.165) is 0 Å².